The number of carbonyl (C=O) groups is 2. The molecule has 0 bridgehead atoms. The van der Waals surface area contributed by atoms with Crippen molar-refractivity contribution in [1.29, 1.82) is 0 Å². The quantitative estimate of drug-likeness (QED) is 0.476. The summed E-state index contributed by atoms with van der Waals surface area (Å²) in [5.74, 6) is 1.29. The molecule has 2 aliphatic heterocycles. The highest BCUT2D eigenvalue weighted by atomic mass is 16.5. The monoisotopic (exact) mass is 485 g/mol. The number of hydrogen-bond donors (Lipinski definition) is 1. The van der Waals surface area contributed by atoms with Crippen LogP contribution in [-0.4, -0.2) is 49.2 Å². The predicted octanol–water partition coefficient (Wildman–Crippen LogP) is 4.49. The summed E-state index contributed by atoms with van der Waals surface area (Å²) in [4.78, 5) is 31.0. The molecule has 2 saturated heterocycles. The van der Waals surface area contributed by atoms with E-state index in [0.717, 1.165) is 47.6 Å². The van der Waals surface area contributed by atoms with Gasteiger partial charge in [-0.05, 0) is 42.2 Å². The molecule has 5 rings (SSSR count). The van der Waals surface area contributed by atoms with Crippen molar-refractivity contribution in [2.24, 2.45) is 0 Å². The van der Waals surface area contributed by atoms with E-state index in [-0.39, 0.29) is 24.6 Å². The van der Waals surface area contributed by atoms with Crippen LogP contribution >= 0.6 is 0 Å². The first-order chi connectivity index (χ1) is 17.6. The molecule has 2 aliphatic rings. The Kier molecular flexibility index (Phi) is 6.65. The summed E-state index contributed by atoms with van der Waals surface area (Å²) in [5.41, 5.74) is 1.61. The van der Waals surface area contributed by atoms with E-state index >= 15 is 0 Å². The number of imide groups is 1. The summed E-state index contributed by atoms with van der Waals surface area (Å²) < 4.78 is 11.1. The Balaban J connectivity index is 1.45. The Labute approximate surface area is 211 Å². The van der Waals surface area contributed by atoms with Crippen molar-refractivity contribution in [3.63, 3.8) is 0 Å². The van der Waals surface area contributed by atoms with E-state index in [1.165, 1.54) is 4.90 Å². The van der Waals surface area contributed by atoms with Gasteiger partial charge in [0.1, 0.15) is 11.5 Å². The van der Waals surface area contributed by atoms with Gasteiger partial charge in [-0.15, -0.1) is 0 Å². The molecule has 0 unspecified atom stereocenters. The van der Waals surface area contributed by atoms with Gasteiger partial charge >= 0.3 is 6.03 Å². The van der Waals surface area contributed by atoms with E-state index in [9.17, 15) is 9.59 Å². The highest BCUT2D eigenvalue weighted by molar-refractivity contribution is 6.07. The second kappa shape index (κ2) is 10.0. The standard InChI is InChI=1S/C29H31N3O4/c1-35-23-15-16-26(36-2)24(18-23)25-14-9-17-31(25)20-32-27(33)29(30-28(32)34,22-12-7-4-8-13-22)19-21-10-5-3-6-11-21/h3-8,10-13,15-16,18,25H,9,14,17,19-20H2,1-2H3,(H,30,34)/t25-,29+/m1/s1. The maximum atomic E-state index is 14.1. The molecule has 7 heteroatoms. The van der Waals surface area contributed by atoms with Crippen LogP contribution < -0.4 is 14.8 Å². The molecule has 0 radical (unpaired) electrons. The lowest BCUT2D eigenvalue weighted by Crippen LogP contribution is -2.47. The average molecular weight is 486 g/mol. The van der Waals surface area contributed by atoms with Crippen molar-refractivity contribution < 1.29 is 19.1 Å². The first kappa shape index (κ1) is 23.9. The summed E-state index contributed by atoms with van der Waals surface area (Å²) in [7, 11) is 3.29. The normalized spacial score (nSPS) is 22.1. The van der Waals surface area contributed by atoms with Crippen LogP contribution in [0.3, 0.4) is 0 Å². The van der Waals surface area contributed by atoms with E-state index in [1.807, 2.05) is 78.9 Å². The number of carbonyl (C=O) groups excluding carboxylic acids is 2. The van der Waals surface area contributed by atoms with E-state index in [4.69, 9.17) is 9.47 Å². The molecule has 1 N–H and O–H groups in total. The van der Waals surface area contributed by atoms with Crippen molar-refractivity contribution in [1.82, 2.24) is 15.1 Å². The van der Waals surface area contributed by atoms with Gasteiger partial charge in [-0.3, -0.25) is 9.69 Å². The van der Waals surface area contributed by atoms with Crippen molar-refractivity contribution in [3.8, 4) is 11.5 Å². The van der Waals surface area contributed by atoms with E-state index < -0.39 is 5.54 Å². The molecule has 2 fully saturated rings. The number of nitrogens with one attached hydrogen (secondary N) is 1. The smallest absolute Gasteiger partial charge is 0.326 e. The lowest BCUT2D eigenvalue weighted by Gasteiger charge is -2.31. The number of ether oxygens (including phenoxy) is 2. The maximum Gasteiger partial charge on any atom is 0.326 e. The van der Waals surface area contributed by atoms with E-state index in [0.29, 0.717) is 6.42 Å². The van der Waals surface area contributed by atoms with Gasteiger partial charge < -0.3 is 14.8 Å². The van der Waals surface area contributed by atoms with Gasteiger partial charge in [0.05, 0.1) is 20.9 Å². The highest BCUT2D eigenvalue weighted by Crippen LogP contribution is 2.40. The highest BCUT2D eigenvalue weighted by Gasteiger charge is 2.53. The number of methoxy groups -OCH3 is 2. The number of urea groups is 1. The number of amides is 3. The van der Waals surface area contributed by atoms with Crippen LogP contribution in [0.4, 0.5) is 4.79 Å². The second-order valence-corrected chi connectivity index (χ2v) is 9.32. The largest absolute Gasteiger partial charge is 0.497 e. The fourth-order valence-electron chi connectivity index (χ4n) is 5.43. The molecule has 0 saturated carbocycles. The van der Waals surface area contributed by atoms with Crippen molar-refractivity contribution in [2.75, 3.05) is 27.4 Å². The SMILES string of the molecule is COc1ccc(OC)c([C@H]2CCCN2CN2C(=O)N[C@@](Cc3ccccc3)(c3ccccc3)C2=O)c1. The zero-order chi connectivity index (χ0) is 25.1. The zero-order valence-corrected chi connectivity index (χ0v) is 20.6. The molecule has 7 nitrogen and oxygen atoms in total. The Hall–Kier alpha value is -3.84. The van der Waals surface area contributed by atoms with Gasteiger partial charge in [-0.1, -0.05) is 60.7 Å². The average Bonchev–Trinajstić information content (AvgIpc) is 3.48. The minimum atomic E-state index is -1.15. The van der Waals surface area contributed by atoms with Crippen LogP contribution in [0.2, 0.25) is 0 Å². The fraction of sp³-hybridized carbons (Fsp3) is 0.310. The first-order valence-corrected chi connectivity index (χ1v) is 12.3. The Morgan fingerprint density at radius 2 is 1.67 bits per heavy atom. The lowest BCUT2D eigenvalue weighted by atomic mass is 9.83. The van der Waals surface area contributed by atoms with E-state index in [1.54, 1.807) is 14.2 Å². The van der Waals surface area contributed by atoms with Gasteiger partial charge in [0.25, 0.3) is 5.91 Å². The second-order valence-electron chi connectivity index (χ2n) is 9.32. The molecular weight excluding hydrogens is 454 g/mol. The van der Waals surface area contributed by atoms with Gasteiger partial charge in [-0.2, -0.15) is 0 Å². The summed E-state index contributed by atoms with van der Waals surface area (Å²) >= 11 is 0. The first-order valence-electron chi connectivity index (χ1n) is 12.3. The van der Waals surface area contributed by atoms with Crippen molar-refractivity contribution in [3.05, 3.63) is 95.6 Å². The van der Waals surface area contributed by atoms with Gasteiger partial charge in [0.2, 0.25) is 0 Å². The van der Waals surface area contributed by atoms with Gasteiger partial charge in [-0.25, -0.2) is 9.69 Å². The van der Waals surface area contributed by atoms with E-state index in [2.05, 4.69) is 10.2 Å². The van der Waals surface area contributed by atoms with Crippen LogP contribution in [-0.2, 0) is 16.8 Å². The van der Waals surface area contributed by atoms with Gasteiger partial charge in [0, 0.05) is 24.6 Å². The minimum Gasteiger partial charge on any atom is -0.497 e. The molecule has 0 aliphatic carbocycles. The molecule has 36 heavy (non-hydrogen) atoms. The number of nitrogens with zero attached hydrogens (tertiary/aromatic N) is 2. The van der Waals surface area contributed by atoms with Crippen molar-refractivity contribution in [2.45, 2.75) is 30.8 Å². The number of rotatable bonds is 8. The number of likely N-dealkylation sites (tertiary alicyclic amines) is 1. The van der Waals surface area contributed by atoms with Crippen LogP contribution in [0, 0.1) is 0 Å². The topological polar surface area (TPSA) is 71.1 Å². The zero-order valence-electron chi connectivity index (χ0n) is 20.6. The van der Waals surface area contributed by atoms with Gasteiger partial charge in [0.15, 0.2) is 5.54 Å². The summed E-state index contributed by atoms with van der Waals surface area (Å²) in [6.45, 7) is 0.984. The summed E-state index contributed by atoms with van der Waals surface area (Å²) in [6.07, 6.45) is 2.25. The Bertz CT molecular complexity index is 1230. The molecule has 186 valence electrons. The van der Waals surface area contributed by atoms with Crippen LogP contribution in [0.25, 0.3) is 0 Å². The molecule has 0 aromatic heterocycles. The van der Waals surface area contributed by atoms with Crippen LogP contribution in [0.1, 0.15) is 35.6 Å². The third-order valence-electron chi connectivity index (χ3n) is 7.24. The fourth-order valence-corrected chi connectivity index (χ4v) is 5.43. The molecule has 3 aromatic rings. The minimum absolute atomic E-state index is 0.0106. The number of hydrogen-bond acceptors (Lipinski definition) is 5. The molecule has 0 spiro atoms. The van der Waals surface area contributed by atoms with Crippen LogP contribution in [0.15, 0.2) is 78.9 Å². The van der Waals surface area contributed by atoms with Crippen LogP contribution in [0.5, 0.6) is 11.5 Å². The molecule has 3 amide bonds. The van der Waals surface area contributed by atoms with Crippen molar-refractivity contribution >= 4 is 11.9 Å². The summed E-state index contributed by atoms with van der Waals surface area (Å²) in [6, 6.07) is 24.7. The molecule has 2 atom stereocenters. The summed E-state index contributed by atoms with van der Waals surface area (Å²) in [5, 5.41) is 3.07. The third-order valence-corrected chi connectivity index (χ3v) is 7.24. The molecule has 2 heterocycles. The molecule has 3 aromatic carbocycles. The number of benzene rings is 3. The lowest BCUT2D eigenvalue weighted by molar-refractivity contribution is -0.133. The third kappa shape index (κ3) is 4.31. The Morgan fingerprint density at radius 1 is 0.944 bits per heavy atom. The Morgan fingerprint density at radius 3 is 2.36 bits per heavy atom. The maximum absolute atomic E-state index is 14.1. The predicted molar refractivity (Wildman–Crippen MR) is 137 cm³/mol. The molecular formula is C29H31N3O4.